The van der Waals surface area contributed by atoms with E-state index >= 15 is 0 Å². The lowest BCUT2D eigenvalue weighted by molar-refractivity contribution is 0.450. The molecule has 0 aliphatic heterocycles. The van der Waals surface area contributed by atoms with Crippen molar-refractivity contribution in [2.45, 2.75) is 0 Å². The molecule has 15 heavy (non-hydrogen) atoms. The molecule has 5 heteroatoms. The van der Waals surface area contributed by atoms with Gasteiger partial charge in [0, 0.05) is 16.5 Å². The molecule has 0 aromatic carbocycles. The largest absolute Gasteiger partial charge is 0.494 e. The van der Waals surface area contributed by atoms with Gasteiger partial charge in [0.2, 0.25) is 5.88 Å². The van der Waals surface area contributed by atoms with Crippen molar-refractivity contribution in [3.8, 4) is 22.4 Å². The number of nitriles is 1. The number of nitrogens with one attached hydrogen (secondary N) is 1. The zero-order valence-electron chi connectivity index (χ0n) is 7.52. The number of hydrogen-bond acceptors (Lipinski definition) is 4. The van der Waals surface area contributed by atoms with Gasteiger partial charge in [-0.2, -0.15) is 5.26 Å². The molecule has 74 valence electrons. The Morgan fingerprint density at radius 2 is 2.33 bits per heavy atom. The Morgan fingerprint density at radius 3 is 2.93 bits per heavy atom. The second kappa shape index (κ2) is 3.59. The van der Waals surface area contributed by atoms with Gasteiger partial charge in [0.1, 0.15) is 11.6 Å². The number of hydrogen-bond donors (Lipinski definition) is 2. The Kier molecular flexibility index (Phi) is 2.27. The summed E-state index contributed by atoms with van der Waals surface area (Å²) in [6.45, 7) is 0. The predicted molar refractivity (Wildman–Crippen MR) is 56.8 cm³/mol. The van der Waals surface area contributed by atoms with E-state index in [9.17, 15) is 9.90 Å². The lowest BCUT2D eigenvalue weighted by Gasteiger charge is -2.01. The zero-order valence-corrected chi connectivity index (χ0v) is 8.34. The molecule has 2 rings (SSSR count). The highest BCUT2D eigenvalue weighted by molar-refractivity contribution is 7.13. The molecule has 0 bridgehead atoms. The van der Waals surface area contributed by atoms with Gasteiger partial charge in [-0.3, -0.25) is 9.78 Å². The molecule has 2 aromatic heterocycles. The van der Waals surface area contributed by atoms with Crippen molar-refractivity contribution in [1.29, 1.82) is 5.26 Å². The summed E-state index contributed by atoms with van der Waals surface area (Å²) in [5.74, 6) is -0.381. The van der Waals surface area contributed by atoms with Crippen molar-refractivity contribution in [3.63, 3.8) is 0 Å². The molecule has 0 spiro atoms. The Labute approximate surface area is 89.1 Å². The first kappa shape index (κ1) is 9.49. The van der Waals surface area contributed by atoms with Crippen molar-refractivity contribution in [1.82, 2.24) is 4.98 Å². The van der Waals surface area contributed by atoms with E-state index in [-0.39, 0.29) is 11.4 Å². The maximum absolute atomic E-state index is 11.2. The Balaban J connectivity index is 2.77. The van der Waals surface area contributed by atoms with Crippen LogP contribution in [0.5, 0.6) is 5.88 Å². The van der Waals surface area contributed by atoms with E-state index in [4.69, 9.17) is 5.26 Å². The third-order valence-electron chi connectivity index (χ3n) is 1.92. The van der Waals surface area contributed by atoms with Gasteiger partial charge in [-0.15, -0.1) is 11.3 Å². The topological polar surface area (TPSA) is 76.9 Å². The smallest absolute Gasteiger partial charge is 0.251 e. The second-order valence-electron chi connectivity index (χ2n) is 2.86. The van der Waals surface area contributed by atoms with E-state index in [1.165, 1.54) is 17.4 Å². The monoisotopic (exact) mass is 218 g/mol. The van der Waals surface area contributed by atoms with Crippen LogP contribution < -0.4 is 5.56 Å². The summed E-state index contributed by atoms with van der Waals surface area (Å²) in [4.78, 5) is 14.1. The average Bonchev–Trinajstić information content (AvgIpc) is 2.69. The zero-order chi connectivity index (χ0) is 10.8. The van der Waals surface area contributed by atoms with Gasteiger partial charge >= 0.3 is 0 Å². The summed E-state index contributed by atoms with van der Waals surface area (Å²) in [5, 5.41) is 20.1. The summed E-state index contributed by atoms with van der Waals surface area (Å²) in [6.07, 6.45) is 0. The minimum absolute atomic E-state index is 0.0945. The van der Waals surface area contributed by atoms with Crippen LogP contribution in [0, 0.1) is 11.3 Å². The fraction of sp³-hybridized carbons (Fsp3) is 0. The van der Waals surface area contributed by atoms with Gasteiger partial charge in [-0.1, -0.05) is 6.07 Å². The first-order chi connectivity index (χ1) is 7.22. The predicted octanol–water partition coefficient (Wildman–Crippen LogP) is 1.68. The molecular weight excluding hydrogens is 212 g/mol. The number of aromatic amines is 1. The van der Waals surface area contributed by atoms with Crippen LogP contribution in [0.2, 0.25) is 0 Å². The van der Waals surface area contributed by atoms with Crippen LogP contribution in [0.15, 0.2) is 28.4 Å². The van der Waals surface area contributed by atoms with Crippen LogP contribution in [-0.4, -0.2) is 10.1 Å². The third kappa shape index (κ3) is 1.63. The SMILES string of the molecule is N#Cc1c(-c2cccs2)cc(=O)[nH]c1O. The van der Waals surface area contributed by atoms with Crippen LogP contribution >= 0.6 is 11.3 Å². The van der Waals surface area contributed by atoms with Crippen LogP contribution in [0.25, 0.3) is 10.4 Å². The Bertz CT molecular complexity index is 578. The van der Waals surface area contributed by atoms with Gasteiger partial charge in [0.15, 0.2) is 0 Å². The molecule has 0 atom stereocenters. The molecule has 0 aliphatic rings. The summed E-state index contributed by atoms with van der Waals surface area (Å²) >= 11 is 1.41. The first-order valence-corrected chi connectivity index (χ1v) is 5.00. The van der Waals surface area contributed by atoms with E-state index in [1.54, 1.807) is 6.07 Å². The van der Waals surface area contributed by atoms with Gasteiger partial charge in [-0.25, -0.2) is 0 Å². The standard InChI is InChI=1S/C10H6N2O2S/c11-5-7-6(8-2-1-3-15-8)4-9(13)12-10(7)14/h1-4H,(H2,12,13,14). The Hall–Kier alpha value is -2.06. The first-order valence-electron chi connectivity index (χ1n) is 4.12. The lowest BCUT2D eigenvalue weighted by Crippen LogP contribution is -2.05. The molecule has 0 saturated heterocycles. The van der Waals surface area contributed by atoms with Crippen molar-refractivity contribution < 1.29 is 5.11 Å². The summed E-state index contributed by atoms with van der Waals surface area (Å²) < 4.78 is 0. The molecule has 0 saturated carbocycles. The highest BCUT2D eigenvalue weighted by Gasteiger charge is 2.11. The molecule has 2 N–H and O–H groups in total. The normalized spacial score (nSPS) is 9.80. The number of thiophene rings is 1. The third-order valence-corrected chi connectivity index (χ3v) is 2.82. The number of aromatic nitrogens is 1. The minimum Gasteiger partial charge on any atom is -0.494 e. The van der Waals surface area contributed by atoms with Gasteiger partial charge < -0.3 is 5.11 Å². The van der Waals surface area contributed by atoms with Crippen LogP contribution in [-0.2, 0) is 0 Å². The van der Waals surface area contributed by atoms with Gasteiger partial charge in [-0.05, 0) is 11.4 Å². The highest BCUT2D eigenvalue weighted by atomic mass is 32.1. The molecular formula is C10H6N2O2S. The van der Waals surface area contributed by atoms with Crippen molar-refractivity contribution >= 4 is 11.3 Å². The minimum atomic E-state index is -0.421. The van der Waals surface area contributed by atoms with Gasteiger partial charge in [0.25, 0.3) is 5.56 Å². The summed E-state index contributed by atoms with van der Waals surface area (Å²) in [5.41, 5.74) is 0.140. The molecule has 2 aromatic rings. The van der Waals surface area contributed by atoms with Crippen molar-refractivity contribution in [3.05, 3.63) is 39.5 Å². The number of pyridine rings is 1. The highest BCUT2D eigenvalue weighted by Crippen LogP contribution is 2.29. The number of H-pyrrole nitrogens is 1. The molecule has 4 nitrogen and oxygen atoms in total. The van der Waals surface area contributed by atoms with Crippen molar-refractivity contribution in [2.24, 2.45) is 0 Å². The number of nitrogens with zero attached hydrogens (tertiary/aromatic N) is 1. The summed E-state index contributed by atoms with van der Waals surface area (Å²) in [7, 11) is 0. The van der Waals surface area contributed by atoms with Crippen molar-refractivity contribution in [2.75, 3.05) is 0 Å². The van der Waals surface area contributed by atoms with E-state index < -0.39 is 5.56 Å². The maximum atomic E-state index is 11.2. The molecule has 0 fully saturated rings. The lowest BCUT2D eigenvalue weighted by atomic mass is 10.1. The maximum Gasteiger partial charge on any atom is 0.251 e. The number of rotatable bonds is 1. The fourth-order valence-electron chi connectivity index (χ4n) is 1.29. The van der Waals surface area contributed by atoms with Crippen LogP contribution in [0.3, 0.4) is 0 Å². The molecule has 0 unspecified atom stereocenters. The molecule has 0 amide bonds. The average molecular weight is 218 g/mol. The number of aromatic hydroxyl groups is 1. The quantitative estimate of drug-likeness (QED) is 0.764. The van der Waals surface area contributed by atoms with Crippen LogP contribution in [0.1, 0.15) is 5.56 Å². The molecule has 2 heterocycles. The fourth-order valence-corrected chi connectivity index (χ4v) is 2.03. The second-order valence-corrected chi connectivity index (χ2v) is 3.81. The van der Waals surface area contributed by atoms with E-state index in [1.807, 2.05) is 17.5 Å². The van der Waals surface area contributed by atoms with E-state index in [2.05, 4.69) is 4.98 Å². The molecule has 0 radical (unpaired) electrons. The van der Waals surface area contributed by atoms with Gasteiger partial charge in [0.05, 0.1) is 0 Å². The molecule has 0 aliphatic carbocycles. The van der Waals surface area contributed by atoms with Crippen LogP contribution in [0.4, 0.5) is 0 Å². The van der Waals surface area contributed by atoms with E-state index in [0.717, 1.165) is 4.88 Å². The van der Waals surface area contributed by atoms with E-state index in [0.29, 0.717) is 5.56 Å². The summed E-state index contributed by atoms with van der Waals surface area (Å²) in [6, 6.07) is 6.79. The Morgan fingerprint density at radius 1 is 1.53 bits per heavy atom.